The zero-order valence-electron chi connectivity index (χ0n) is 12.1. The summed E-state index contributed by atoms with van der Waals surface area (Å²) in [7, 11) is 2.08. The highest BCUT2D eigenvalue weighted by Gasteiger charge is 2.19. The number of benzene rings is 1. The van der Waals surface area contributed by atoms with Gasteiger partial charge in [-0.2, -0.15) is 0 Å². The third kappa shape index (κ3) is 3.13. The summed E-state index contributed by atoms with van der Waals surface area (Å²) in [5.74, 6) is 2.18. The van der Waals surface area contributed by atoms with Gasteiger partial charge >= 0.3 is 0 Å². The van der Waals surface area contributed by atoms with Crippen molar-refractivity contribution in [2.45, 2.75) is 26.3 Å². The number of rotatable bonds is 4. The SMILES string of the molecule is CC(C)C(CN)N(C)c1ccc2c(c1)OCCCO2. The fraction of sp³-hybridized carbons (Fsp3) is 0.600. The molecule has 0 fully saturated rings. The van der Waals surface area contributed by atoms with Crippen molar-refractivity contribution in [2.75, 3.05) is 31.7 Å². The van der Waals surface area contributed by atoms with Crippen molar-refractivity contribution in [3.05, 3.63) is 18.2 Å². The second-order valence-corrected chi connectivity index (χ2v) is 5.34. The second kappa shape index (κ2) is 6.15. The van der Waals surface area contributed by atoms with Gasteiger partial charge in [-0.25, -0.2) is 0 Å². The first-order valence-electron chi connectivity index (χ1n) is 6.96. The van der Waals surface area contributed by atoms with E-state index in [-0.39, 0.29) is 0 Å². The molecule has 1 aliphatic heterocycles. The summed E-state index contributed by atoms with van der Waals surface area (Å²) in [6.07, 6.45) is 0.928. The molecular formula is C15H24N2O2. The lowest BCUT2D eigenvalue weighted by Gasteiger charge is -2.32. The van der Waals surface area contributed by atoms with Crippen LogP contribution in [0.4, 0.5) is 5.69 Å². The van der Waals surface area contributed by atoms with Gasteiger partial charge in [-0.05, 0) is 18.1 Å². The van der Waals surface area contributed by atoms with Gasteiger partial charge in [0.05, 0.1) is 13.2 Å². The van der Waals surface area contributed by atoms with Crippen molar-refractivity contribution in [3.63, 3.8) is 0 Å². The molecule has 2 N–H and O–H groups in total. The van der Waals surface area contributed by atoms with Gasteiger partial charge in [0.1, 0.15) is 0 Å². The van der Waals surface area contributed by atoms with Gasteiger partial charge in [-0.3, -0.25) is 0 Å². The van der Waals surface area contributed by atoms with E-state index in [9.17, 15) is 0 Å². The van der Waals surface area contributed by atoms with Crippen molar-refractivity contribution >= 4 is 5.69 Å². The number of nitrogens with zero attached hydrogens (tertiary/aromatic N) is 1. The zero-order chi connectivity index (χ0) is 13.8. The van der Waals surface area contributed by atoms with Crippen LogP contribution in [0.5, 0.6) is 11.5 Å². The minimum Gasteiger partial charge on any atom is -0.490 e. The van der Waals surface area contributed by atoms with E-state index in [1.807, 2.05) is 12.1 Å². The summed E-state index contributed by atoms with van der Waals surface area (Å²) in [4.78, 5) is 2.22. The summed E-state index contributed by atoms with van der Waals surface area (Å²) < 4.78 is 11.4. The third-order valence-electron chi connectivity index (χ3n) is 3.65. The van der Waals surface area contributed by atoms with Crippen LogP contribution < -0.4 is 20.1 Å². The Morgan fingerprint density at radius 1 is 1.21 bits per heavy atom. The molecule has 19 heavy (non-hydrogen) atoms. The number of fused-ring (bicyclic) bond motifs is 1. The quantitative estimate of drug-likeness (QED) is 0.906. The molecule has 106 valence electrons. The van der Waals surface area contributed by atoms with Crippen molar-refractivity contribution in [1.82, 2.24) is 0 Å². The van der Waals surface area contributed by atoms with Crippen molar-refractivity contribution in [2.24, 2.45) is 11.7 Å². The smallest absolute Gasteiger partial charge is 0.163 e. The fourth-order valence-electron chi connectivity index (χ4n) is 2.44. The molecule has 0 aromatic heterocycles. The number of nitrogens with two attached hydrogens (primary N) is 1. The Kier molecular flexibility index (Phi) is 4.53. The average Bonchev–Trinajstić information content (AvgIpc) is 2.63. The van der Waals surface area contributed by atoms with Crippen molar-refractivity contribution < 1.29 is 9.47 Å². The van der Waals surface area contributed by atoms with E-state index in [1.54, 1.807) is 0 Å². The van der Waals surface area contributed by atoms with Gasteiger partial charge < -0.3 is 20.1 Å². The molecule has 1 heterocycles. The van der Waals surface area contributed by atoms with Crippen LogP contribution in [0.25, 0.3) is 0 Å². The van der Waals surface area contributed by atoms with Gasteiger partial charge in [0.15, 0.2) is 11.5 Å². The van der Waals surface area contributed by atoms with Gasteiger partial charge in [0.2, 0.25) is 0 Å². The molecule has 0 saturated heterocycles. The van der Waals surface area contributed by atoms with Crippen LogP contribution in [-0.4, -0.2) is 32.8 Å². The maximum atomic E-state index is 5.88. The molecule has 1 aliphatic rings. The highest BCUT2D eigenvalue weighted by molar-refractivity contribution is 5.56. The highest BCUT2D eigenvalue weighted by Crippen LogP contribution is 2.34. The van der Waals surface area contributed by atoms with E-state index in [1.165, 1.54) is 0 Å². The minimum absolute atomic E-state index is 0.324. The van der Waals surface area contributed by atoms with E-state index >= 15 is 0 Å². The number of anilines is 1. The van der Waals surface area contributed by atoms with E-state index < -0.39 is 0 Å². The topological polar surface area (TPSA) is 47.7 Å². The van der Waals surface area contributed by atoms with Gasteiger partial charge in [-0.1, -0.05) is 13.8 Å². The standard InChI is InChI=1S/C15H24N2O2/c1-11(2)13(10-16)17(3)12-5-6-14-15(9-12)19-8-4-7-18-14/h5-6,9,11,13H,4,7-8,10,16H2,1-3H3. The van der Waals surface area contributed by atoms with E-state index in [2.05, 4.69) is 31.9 Å². The molecule has 1 aromatic rings. The Bertz CT molecular complexity index is 421. The molecule has 0 spiro atoms. The molecule has 4 nitrogen and oxygen atoms in total. The summed E-state index contributed by atoms with van der Waals surface area (Å²) in [6.45, 7) is 6.46. The molecule has 0 saturated carbocycles. The van der Waals surface area contributed by atoms with Crippen LogP contribution in [0.2, 0.25) is 0 Å². The lowest BCUT2D eigenvalue weighted by atomic mass is 10.0. The Hall–Kier alpha value is -1.42. The molecule has 1 aromatic carbocycles. The predicted molar refractivity (Wildman–Crippen MR) is 78.1 cm³/mol. The number of likely N-dealkylation sites (N-methyl/N-ethyl adjacent to an activating group) is 1. The maximum absolute atomic E-state index is 5.88. The third-order valence-corrected chi connectivity index (χ3v) is 3.65. The van der Waals surface area contributed by atoms with Crippen LogP contribution in [0.1, 0.15) is 20.3 Å². The largest absolute Gasteiger partial charge is 0.490 e. The minimum atomic E-state index is 0.324. The summed E-state index contributed by atoms with van der Waals surface area (Å²) in [5.41, 5.74) is 7.00. The monoisotopic (exact) mass is 264 g/mol. The lowest BCUT2D eigenvalue weighted by Crippen LogP contribution is -2.41. The van der Waals surface area contributed by atoms with E-state index in [0.717, 1.165) is 30.2 Å². The zero-order valence-corrected chi connectivity index (χ0v) is 12.1. The molecule has 0 bridgehead atoms. The Labute approximate surface area is 115 Å². The number of hydrogen-bond acceptors (Lipinski definition) is 4. The van der Waals surface area contributed by atoms with Crippen molar-refractivity contribution in [3.8, 4) is 11.5 Å². The molecular weight excluding hydrogens is 240 g/mol. The molecule has 4 heteroatoms. The lowest BCUT2D eigenvalue weighted by molar-refractivity contribution is 0.297. The van der Waals surface area contributed by atoms with Gasteiger partial charge in [-0.15, -0.1) is 0 Å². The molecule has 1 atom stereocenters. The van der Waals surface area contributed by atoms with Crippen LogP contribution in [0.15, 0.2) is 18.2 Å². The summed E-state index contributed by atoms with van der Waals surface area (Å²) in [6, 6.07) is 6.43. The van der Waals surface area contributed by atoms with Crippen LogP contribution in [0, 0.1) is 5.92 Å². The normalized spacial score (nSPS) is 16.1. The highest BCUT2D eigenvalue weighted by atomic mass is 16.5. The first-order chi connectivity index (χ1) is 9.13. The van der Waals surface area contributed by atoms with Crippen LogP contribution in [-0.2, 0) is 0 Å². The van der Waals surface area contributed by atoms with E-state index in [0.29, 0.717) is 25.1 Å². The molecule has 0 aliphatic carbocycles. The molecule has 0 amide bonds. The second-order valence-electron chi connectivity index (χ2n) is 5.34. The summed E-state index contributed by atoms with van der Waals surface area (Å²) >= 11 is 0. The maximum Gasteiger partial charge on any atom is 0.163 e. The van der Waals surface area contributed by atoms with E-state index in [4.69, 9.17) is 15.2 Å². The first-order valence-corrected chi connectivity index (χ1v) is 6.96. The molecule has 2 rings (SSSR count). The Morgan fingerprint density at radius 2 is 1.89 bits per heavy atom. The van der Waals surface area contributed by atoms with Crippen LogP contribution in [0.3, 0.4) is 0 Å². The Balaban J connectivity index is 2.23. The van der Waals surface area contributed by atoms with Gasteiger partial charge in [0.25, 0.3) is 0 Å². The fourth-order valence-corrected chi connectivity index (χ4v) is 2.44. The Morgan fingerprint density at radius 3 is 2.53 bits per heavy atom. The number of hydrogen-bond donors (Lipinski definition) is 1. The first kappa shape index (κ1) is 14.0. The molecule has 1 unspecified atom stereocenters. The van der Waals surface area contributed by atoms with Gasteiger partial charge in [0, 0.05) is 37.8 Å². The summed E-state index contributed by atoms with van der Waals surface area (Å²) in [5, 5.41) is 0. The predicted octanol–water partition coefficient (Wildman–Crippen LogP) is 2.27. The molecule has 0 radical (unpaired) electrons. The van der Waals surface area contributed by atoms with Crippen LogP contribution >= 0.6 is 0 Å². The van der Waals surface area contributed by atoms with Crippen molar-refractivity contribution in [1.29, 1.82) is 0 Å². The number of ether oxygens (including phenoxy) is 2. The average molecular weight is 264 g/mol.